The molecule has 0 atom stereocenters. The molecule has 0 radical (unpaired) electrons. The summed E-state index contributed by atoms with van der Waals surface area (Å²) in [7, 11) is -3.62. The van der Waals surface area contributed by atoms with E-state index in [9.17, 15) is 21.6 Å². The van der Waals surface area contributed by atoms with Crippen molar-refractivity contribution in [3.05, 3.63) is 48.2 Å². The quantitative estimate of drug-likeness (QED) is 0.555. The largest absolute Gasteiger partial charge is 0.417 e. The number of aromatic nitrogens is 3. The molecule has 1 aliphatic rings. The first-order chi connectivity index (χ1) is 16.0. The zero-order chi connectivity index (χ0) is 24.5. The Hall–Kier alpha value is -3.45. The van der Waals surface area contributed by atoms with Crippen molar-refractivity contribution in [2.75, 3.05) is 47.9 Å². The third-order valence-electron chi connectivity index (χ3n) is 5.01. The van der Waals surface area contributed by atoms with Crippen molar-refractivity contribution in [1.82, 2.24) is 15.0 Å². The maximum atomic E-state index is 13.8. The molecule has 3 aromatic rings. The Balaban J connectivity index is 1.94. The highest BCUT2D eigenvalue weighted by molar-refractivity contribution is 7.92. The van der Waals surface area contributed by atoms with Crippen molar-refractivity contribution in [3.63, 3.8) is 0 Å². The summed E-state index contributed by atoms with van der Waals surface area (Å²) in [5.41, 5.74) is 5.08. The number of hydrogen-bond donors (Lipinski definition) is 2. The van der Waals surface area contributed by atoms with Crippen molar-refractivity contribution >= 4 is 27.5 Å². The molecule has 3 N–H and O–H groups in total. The van der Waals surface area contributed by atoms with Gasteiger partial charge in [-0.05, 0) is 18.2 Å². The summed E-state index contributed by atoms with van der Waals surface area (Å²) in [6.45, 7) is 1.70. The molecule has 0 amide bonds. The number of nitrogens with one attached hydrogen (secondary N) is 1. The van der Waals surface area contributed by atoms with E-state index in [4.69, 9.17) is 10.5 Å². The standard InChI is InChI=1S/C21H21F3N6O3S/c1-34(31,32)29-16-5-3-2-4-13(16)17-11-18(28-20(27-17)30-6-8-33-9-7-30)14-12-26-19(25)10-15(14)21(22,23)24/h2-5,10-12,29H,6-9H2,1H3,(H2,25,26). The topological polar surface area (TPSA) is 123 Å². The molecule has 0 unspecified atom stereocenters. The number of ether oxygens (including phenoxy) is 1. The highest BCUT2D eigenvalue weighted by Crippen LogP contribution is 2.39. The molecule has 0 spiro atoms. The molecule has 1 saturated heterocycles. The van der Waals surface area contributed by atoms with Gasteiger partial charge in [-0.15, -0.1) is 0 Å². The zero-order valence-corrected chi connectivity index (χ0v) is 18.8. The average Bonchev–Trinajstić information content (AvgIpc) is 2.78. The van der Waals surface area contributed by atoms with E-state index in [0.717, 1.165) is 18.5 Å². The summed E-state index contributed by atoms with van der Waals surface area (Å²) >= 11 is 0. The van der Waals surface area contributed by atoms with Gasteiger partial charge in [0.2, 0.25) is 16.0 Å². The highest BCUT2D eigenvalue weighted by Gasteiger charge is 2.35. The minimum Gasteiger partial charge on any atom is -0.384 e. The van der Waals surface area contributed by atoms with Crippen molar-refractivity contribution in [1.29, 1.82) is 0 Å². The van der Waals surface area contributed by atoms with E-state index in [1.807, 2.05) is 0 Å². The summed E-state index contributed by atoms with van der Waals surface area (Å²) in [5, 5.41) is 0. The molecule has 9 nitrogen and oxygen atoms in total. The van der Waals surface area contributed by atoms with Gasteiger partial charge in [-0.3, -0.25) is 4.72 Å². The molecule has 0 aliphatic carbocycles. The molecule has 3 heterocycles. The Morgan fingerprint density at radius 1 is 1.06 bits per heavy atom. The van der Waals surface area contributed by atoms with Gasteiger partial charge in [0.1, 0.15) is 5.82 Å². The van der Waals surface area contributed by atoms with Gasteiger partial charge in [-0.25, -0.2) is 23.4 Å². The van der Waals surface area contributed by atoms with Gasteiger partial charge >= 0.3 is 6.18 Å². The van der Waals surface area contributed by atoms with Crippen LogP contribution in [0.1, 0.15) is 5.56 Å². The maximum Gasteiger partial charge on any atom is 0.417 e. The molecule has 13 heteroatoms. The third-order valence-corrected chi connectivity index (χ3v) is 5.60. The van der Waals surface area contributed by atoms with Crippen LogP contribution in [0.3, 0.4) is 0 Å². The monoisotopic (exact) mass is 494 g/mol. The molecular weight excluding hydrogens is 473 g/mol. The minimum atomic E-state index is -4.70. The zero-order valence-electron chi connectivity index (χ0n) is 18.0. The van der Waals surface area contributed by atoms with Gasteiger partial charge in [0, 0.05) is 30.4 Å². The fourth-order valence-electron chi connectivity index (χ4n) is 3.52. The lowest BCUT2D eigenvalue weighted by Gasteiger charge is -2.27. The lowest BCUT2D eigenvalue weighted by molar-refractivity contribution is -0.137. The Bertz CT molecular complexity index is 1310. The van der Waals surface area contributed by atoms with Crippen LogP contribution in [0.4, 0.5) is 30.6 Å². The maximum absolute atomic E-state index is 13.8. The van der Waals surface area contributed by atoms with E-state index in [1.165, 1.54) is 6.07 Å². The van der Waals surface area contributed by atoms with E-state index in [2.05, 4.69) is 19.7 Å². The number of benzene rings is 1. The molecule has 34 heavy (non-hydrogen) atoms. The molecule has 1 aliphatic heterocycles. The smallest absolute Gasteiger partial charge is 0.384 e. The number of nitrogens with zero attached hydrogens (tertiary/aromatic N) is 4. The van der Waals surface area contributed by atoms with Gasteiger partial charge in [0.25, 0.3) is 0 Å². The molecule has 4 rings (SSSR count). The summed E-state index contributed by atoms with van der Waals surface area (Å²) in [4.78, 5) is 14.6. The molecule has 180 valence electrons. The van der Waals surface area contributed by atoms with Crippen LogP contribution in [0, 0.1) is 0 Å². The lowest BCUT2D eigenvalue weighted by Crippen LogP contribution is -2.37. The second-order valence-corrected chi connectivity index (χ2v) is 9.36. The van der Waals surface area contributed by atoms with Crippen molar-refractivity contribution in [2.24, 2.45) is 0 Å². The number of morpholine rings is 1. The number of pyridine rings is 1. The normalized spacial score (nSPS) is 14.8. The first kappa shape index (κ1) is 23.7. The summed E-state index contributed by atoms with van der Waals surface area (Å²) in [6.07, 6.45) is -2.68. The minimum absolute atomic E-state index is 0.0273. The van der Waals surface area contributed by atoms with Crippen LogP contribution in [0.15, 0.2) is 42.6 Å². The van der Waals surface area contributed by atoms with Crippen LogP contribution in [0.2, 0.25) is 0 Å². The van der Waals surface area contributed by atoms with Crippen LogP contribution in [0.25, 0.3) is 22.5 Å². The van der Waals surface area contributed by atoms with Gasteiger partial charge in [-0.2, -0.15) is 13.2 Å². The molecular formula is C21H21F3N6O3S. The van der Waals surface area contributed by atoms with Crippen LogP contribution < -0.4 is 15.4 Å². The molecule has 0 saturated carbocycles. The number of nitrogen functional groups attached to an aromatic ring is 1. The first-order valence-electron chi connectivity index (χ1n) is 10.1. The predicted molar refractivity (Wildman–Crippen MR) is 122 cm³/mol. The summed E-state index contributed by atoms with van der Waals surface area (Å²) in [5.74, 6) is -0.0867. The molecule has 1 fully saturated rings. The average molecular weight is 494 g/mol. The second kappa shape index (κ2) is 9.06. The molecule has 1 aromatic carbocycles. The fourth-order valence-corrected chi connectivity index (χ4v) is 4.10. The number of rotatable bonds is 5. The Kier molecular flexibility index (Phi) is 6.32. The van der Waals surface area contributed by atoms with Gasteiger partial charge < -0.3 is 15.4 Å². The first-order valence-corrected chi connectivity index (χ1v) is 12.0. The van der Waals surface area contributed by atoms with E-state index >= 15 is 0 Å². The highest BCUT2D eigenvalue weighted by atomic mass is 32.2. The predicted octanol–water partition coefficient (Wildman–Crippen LogP) is 3.01. The number of halogens is 3. The Labute approximate surface area is 193 Å². The van der Waals surface area contributed by atoms with E-state index < -0.39 is 21.8 Å². The number of hydrogen-bond acceptors (Lipinski definition) is 8. The van der Waals surface area contributed by atoms with E-state index in [-0.39, 0.29) is 34.4 Å². The van der Waals surface area contributed by atoms with Crippen molar-refractivity contribution < 1.29 is 26.3 Å². The van der Waals surface area contributed by atoms with Gasteiger partial charge in [0.05, 0.1) is 42.1 Å². The molecule has 2 aromatic heterocycles. The fraction of sp³-hybridized carbons (Fsp3) is 0.286. The van der Waals surface area contributed by atoms with E-state index in [1.54, 1.807) is 29.2 Å². The van der Waals surface area contributed by atoms with Gasteiger partial charge in [-0.1, -0.05) is 18.2 Å². The second-order valence-electron chi connectivity index (χ2n) is 7.61. The summed E-state index contributed by atoms with van der Waals surface area (Å²) < 4.78 is 72.9. The number of para-hydroxylation sites is 1. The van der Waals surface area contributed by atoms with Gasteiger partial charge in [0.15, 0.2) is 0 Å². The number of sulfonamides is 1. The van der Waals surface area contributed by atoms with Crippen LogP contribution >= 0.6 is 0 Å². The molecule has 0 bridgehead atoms. The SMILES string of the molecule is CS(=O)(=O)Nc1ccccc1-c1cc(-c2cnc(N)cc2C(F)(F)F)nc(N2CCOCC2)n1. The van der Waals surface area contributed by atoms with Crippen LogP contribution in [-0.2, 0) is 20.9 Å². The lowest BCUT2D eigenvalue weighted by atomic mass is 10.0. The van der Waals surface area contributed by atoms with E-state index in [0.29, 0.717) is 31.9 Å². The number of nitrogens with two attached hydrogens (primary N) is 1. The van der Waals surface area contributed by atoms with Crippen LogP contribution in [0.5, 0.6) is 0 Å². The van der Waals surface area contributed by atoms with Crippen molar-refractivity contribution in [3.8, 4) is 22.5 Å². The summed E-state index contributed by atoms with van der Waals surface area (Å²) in [6, 6.07) is 8.59. The Morgan fingerprint density at radius 3 is 2.35 bits per heavy atom. The third kappa shape index (κ3) is 5.37. The van der Waals surface area contributed by atoms with Crippen molar-refractivity contribution in [2.45, 2.75) is 6.18 Å². The number of anilines is 3. The number of alkyl halides is 3. The Morgan fingerprint density at radius 2 is 1.71 bits per heavy atom. The van der Waals surface area contributed by atoms with Crippen LogP contribution in [-0.4, -0.2) is 55.9 Å².